The zero-order chi connectivity index (χ0) is 17.2. The minimum Gasteiger partial charge on any atom is -0.458 e. The summed E-state index contributed by atoms with van der Waals surface area (Å²) in [6.07, 6.45) is 5.89. The minimum atomic E-state index is 0.658. The van der Waals surface area contributed by atoms with Crippen molar-refractivity contribution in [2.24, 2.45) is 11.8 Å². The van der Waals surface area contributed by atoms with Gasteiger partial charge in [-0.2, -0.15) is 5.10 Å². The first-order valence-corrected chi connectivity index (χ1v) is 9.74. The average molecular weight is 342 g/mol. The SMILES string of the molecule is CC(C)[C@@H]1CN(Cc2ccc(-c3ccn[nH]3)o2)CCCN1CC1CC1. The molecule has 0 spiro atoms. The predicted octanol–water partition coefficient (Wildman–Crippen LogP) is 3.61. The van der Waals surface area contributed by atoms with Gasteiger partial charge in [-0.3, -0.25) is 14.9 Å². The molecule has 1 atom stereocenters. The van der Waals surface area contributed by atoms with Gasteiger partial charge in [-0.1, -0.05) is 13.8 Å². The Morgan fingerprint density at radius 3 is 2.84 bits per heavy atom. The van der Waals surface area contributed by atoms with Crippen LogP contribution in [0.1, 0.15) is 38.9 Å². The van der Waals surface area contributed by atoms with Gasteiger partial charge in [-0.25, -0.2) is 0 Å². The number of hydrogen-bond donors (Lipinski definition) is 1. The van der Waals surface area contributed by atoms with Crippen molar-refractivity contribution in [1.82, 2.24) is 20.0 Å². The third-order valence-corrected chi connectivity index (χ3v) is 5.60. The third kappa shape index (κ3) is 4.15. The number of hydrogen-bond acceptors (Lipinski definition) is 4. The Balaban J connectivity index is 1.41. The van der Waals surface area contributed by atoms with Crippen molar-refractivity contribution in [2.45, 2.75) is 45.7 Å². The molecule has 1 aliphatic carbocycles. The molecule has 5 heteroatoms. The van der Waals surface area contributed by atoms with Gasteiger partial charge in [0, 0.05) is 25.3 Å². The van der Waals surface area contributed by atoms with E-state index in [9.17, 15) is 0 Å². The molecule has 0 amide bonds. The van der Waals surface area contributed by atoms with Crippen molar-refractivity contribution in [1.29, 1.82) is 0 Å². The maximum Gasteiger partial charge on any atom is 0.152 e. The standard InChI is InChI=1S/C20H30N4O/c1-15(2)19-14-23(10-3-11-24(19)12-16-4-5-16)13-17-6-7-20(25-17)18-8-9-21-22-18/h6-9,15-16,19H,3-5,10-14H2,1-2H3,(H,21,22)/t19-/m0/s1. The predicted molar refractivity (Wildman–Crippen MR) is 99.1 cm³/mol. The molecule has 1 N–H and O–H groups in total. The highest BCUT2D eigenvalue weighted by molar-refractivity contribution is 5.51. The van der Waals surface area contributed by atoms with Crippen molar-refractivity contribution in [2.75, 3.05) is 26.2 Å². The lowest BCUT2D eigenvalue weighted by molar-refractivity contribution is 0.129. The minimum absolute atomic E-state index is 0.658. The van der Waals surface area contributed by atoms with E-state index in [1.807, 2.05) is 12.1 Å². The lowest BCUT2D eigenvalue weighted by Gasteiger charge is -2.34. The highest BCUT2D eigenvalue weighted by Gasteiger charge is 2.32. The number of nitrogens with one attached hydrogen (secondary N) is 1. The largest absolute Gasteiger partial charge is 0.458 e. The van der Waals surface area contributed by atoms with Crippen molar-refractivity contribution in [3.05, 3.63) is 30.2 Å². The number of aromatic nitrogens is 2. The van der Waals surface area contributed by atoms with E-state index in [1.165, 1.54) is 32.4 Å². The van der Waals surface area contributed by atoms with E-state index in [4.69, 9.17) is 4.42 Å². The summed E-state index contributed by atoms with van der Waals surface area (Å²) in [6.45, 7) is 10.5. The highest BCUT2D eigenvalue weighted by atomic mass is 16.3. The molecule has 2 aliphatic rings. The van der Waals surface area contributed by atoms with E-state index in [1.54, 1.807) is 6.20 Å². The van der Waals surface area contributed by atoms with Gasteiger partial charge in [0.1, 0.15) is 11.5 Å². The Labute approximate surface area is 150 Å². The van der Waals surface area contributed by atoms with Gasteiger partial charge in [-0.15, -0.1) is 0 Å². The number of aromatic amines is 1. The van der Waals surface area contributed by atoms with Gasteiger partial charge in [-0.05, 0) is 62.4 Å². The zero-order valence-corrected chi connectivity index (χ0v) is 15.4. The summed E-state index contributed by atoms with van der Waals surface area (Å²) in [5.74, 6) is 3.58. The van der Waals surface area contributed by atoms with Crippen LogP contribution < -0.4 is 0 Å². The molecule has 1 saturated heterocycles. The lowest BCUT2D eigenvalue weighted by atomic mass is 10.0. The molecule has 136 valence electrons. The van der Waals surface area contributed by atoms with E-state index in [-0.39, 0.29) is 0 Å². The van der Waals surface area contributed by atoms with Crippen LogP contribution in [-0.2, 0) is 6.54 Å². The van der Waals surface area contributed by atoms with Gasteiger partial charge >= 0.3 is 0 Å². The maximum absolute atomic E-state index is 6.04. The molecule has 0 bridgehead atoms. The quantitative estimate of drug-likeness (QED) is 0.871. The molecule has 2 aromatic rings. The van der Waals surface area contributed by atoms with Crippen LogP contribution in [0.3, 0.4) is 0 Å². The molecule has 3 heterocycles. The second kappa shape index (κ2) is 7.34. The topological polar surface area (TPSA) is 48.3 Å². The lowest BCUT2D eigenvalue weighted by Crippen LogP contribution is -2.45. The number of furan rings is 1. The van der Waals surface area contributed by atoms with Crippen LogP contribution in [0.4, 0.5) is 0 Å². The fourth-order valence-corrected chi connectivity index (χ4v) is 3.99. The second-order valence-electron chi connectivity index (χ2n) is 8.07. The Bertz CT molecular complexity index is 659. The Morgan fingerprint density at radius 2 is 2.12 bits per heavy atom. The fraction of sp³-hybridized carbons (Fsp3) is 0.650. The maximum atomic E-state index is 6.04. The Morgan fingerprint density at radius 1 is 1.24 bits per heavy atom. The zero-order valence-electron chi connectivity index (χ0n) is 15.4. The van der Waals surface area contributed by atoms with Crippen LogP contribution in [0.5, 0.6) is 0 Å². The number of nitrogens with zero attached hydrogens (tertiary/aromatic N) is 3. The molecule has 5 nitrogen and oxygen atoms in total. The Hall–Kier alpha value is -1.59. The van der Waals surface area contributed by atoms with Crippen LogP contribution in [0.25, 0.3) is 11.5 Å². The van der Waals surface area contributed by atoms with E-state index < -0.39 is 0 Å². The van der Waals surface area contributed by atoms with Crippen LogP contribution in [0, 0.1) is 11.8 Å². The van der Waals surface area contributed by atoms with Crippen LogP contribution in [-0.4, -0.2) is 52.2 Å². The monoisotopic (exact) mass is 342 g/mol. The summed E-state index contributed by atoms with van der Waals surface area (Å²) in [5.41, 5.74) is 0.942. The van der Waals surface area contributed by atoms with Gasteiger partial charge in [0.15, 0.2) is 5.76 Å². The molecule has 4 rings (SSSR count). The summed E-state index contributed by atoms with van der Waals surface area (Å²) in [4.78, 5) is 5.34. The average Bonchev–Trinajstić information content (AvgIpc) is 3.08. The Kier molecular flexibility index (Phi) is 4.95. The van der Waals surface area contributed by atoms with Crippen LogP contribution >= 0.6 is 0 Å². The summed E-state index contributed by atoms with van der Waals surface area (Å²) < 4.78 is 6.04. The van der Waals surface area contributed by atoms with Crippen molar-refractivity contribution < 1.29 is 4.42 Å². The molecule has 1 saturated carbocycles. The van der Waals surface area contributed by atoms with Gasteiger partial charge in [0.25, 0.3) is 0 Å². The van der Waals surface area contributed by atoms with Crippen molar-refractivity contribution >= 4 is 0 Å². The van der Waals surface area contributed by atoms with Crippen molar-refractivity contribution in [3.63, 3.8) is 0 Å². The molecule has 25 heavy (non-hydrogen) atoms. The first-order chi connectivity index (χ1) is 12.2. The van der Waals surface area contributed by atoms with E-state index in [0.717, 1.165) is 42.8 Å². The molecule has 2 fully saturated rings. The first-order valence-electron chi connectivity index (χ1n) is 9.74. The first kappa shape index (κ1) is 16.9. The summed E-state index contributed by atoms with van der Waals surface area (Å²) in [6, 6.07) is 6.75. The highest BCUT2D eigenvalue weighted by Crippen LogP contribution is 2.32. The molecular weight excluding hydrogens is 312 g/mol. The number of rotatable bonds is 6. The molecule has 0 aromatic carbocycles. The second-order valence-corrected chi connectivity index (χ2v) is 8.07. The van der Waals surface area contributed by atoms with E-state index >= 15 is 0 Å². The van der Waals surface area contributed by atoms with Gasteiger partial charge < -0.3 is 4.42 Å². The molecule has 1 aliphatic heterocycles. The smallest absolute Gasteiger partial charge is 0.152 e. The summed E-state index contributed by atoms with van der Waals surface area (Å²) in [7, 11) is 0. The van der Waals surface area contributed by atoms with E-state index in [0.29, 0.717) is 12.0 Å². The molecule has 0 radical (unpaired) electrons. The normalized spacial score (nSPS) is 23.2. The van der Waals surface area contributed by atoms with Crippen LogP contribution in [0.15, 0.2) is 28.8 Å². The molecular formula is C20H30N4O. The van der Waals surface area contributed by atoms with E-state index in [2.05, 4.69) is 39.9 Å². The third-order valence-electron chi connectivity index (χ3n) is 5.60. The van der Waals surface area contributed by atoms with Gasteiger partial charge in [0.05, 0.1) is 6.54 Å². The molecule has 2 aromatic heterocycles. The van der Waals surface area contributed by atoms with Crippen LogP contribution in [0.2, 0.25) is 0 Å². The number of H-pyrrole nitrogens is 1. The fourth-order valence-electron chi connectivity index (χ4n) is 3.99. The van der Waals surface area contributed by atoms with Gasteiger partial charge in [0.2, 0.25) is 0 Å². The van der Waals surface area contributed by atoms with Crippen molar-refractivity contribution in [3.8, 4) is 11.5 Å². The summed E-state index contributed by atoms with van der Waals surface area (Å²) >= 11 is 0. The molecule has 0 unspecified atom stereocenters. The summed E-state index contributed by atoms with van der Waals surface area (Å²) in [5, 5.41) is 6.97.